The smallest absolute Gasteiger partial charge is 0.346 e. The number of benzene rings is 1. The maximum atomic E-state index is 12.0. The minimum absolute atomic E-state index is 0.224. The van der Waals surface area contributed by atoms with Crippen molar-refractivity contribution in [3.05, 3.63) is 51.5 Å². The number of nitrogens with zero attached hydrogens (tertiary/aromatic N) is 1. The Morgan fingerprint density at radius 2 is 2.00 bits per heavy atom. The lowest BCUT2D eigenvalue weighted by Gasteiger charge is -2.05. The van der Waals surface area contributed by atoms with Gasteiger partial charge in [0.15, 0.2) is 0 Å². The molecule has 1 aliphatic carbocycles. The third-order valence-electron chi connectivity index (χ3n) is 3.04. The second-order valence-electron chi connectivity index (χ2n) is 4.74. The molecule has 0 saturated heterocycles. The molecule has 1 heterocycles. The van der Waals surface area contributed by atoms with Gasteiger partial charge in [0.1, 0.15) is 5.69 Å². The first-order valence-electron chi connectivity index (χ1n) is 6.30. The van der Waals surface area contributed by atoms with Gasteiger partial charge in [-0.25, -0.2) is 4.79 Å². The molecule has 6 heteroatoms. The van der Waals surface area contributed by atoms with Crippen molar-refractivity contribution in [3.63, 3.8) is 0 Å². The van der Waals surface area contributed by atoms with Crippen LogP contribution in [0, 0.1) is 0 Å². The second-order valence-corrected chi connectivity index (χ2v) is 5.18. The third kappa shape index (κ3) is 2.88. The minimum atomic E-state index is -0.543. The van der Waals surface area contributed by atoms with Gasteiger partial charge in [-0.1, -0.05) is 23.7 Å². The summed E-state index contributed by atoms with van der Waals surface area (Å²) in [5.41, 5.74) is 0.868. The van der Waals surface area contributed by atoms with Gasteiger partial charge in [0.2, 0.25) is 0 Å². The van der Waals surface area contributed by atoms with Crippen molar-refractivity contribution in [2.24, 2.45) is 0 Å². The Kier molecular flexibility index (Phi) is 3.28. The van der Waals surface area contributed by atoms with Crippen LogP contribution in [0.2, 0.25) is 5.02 Å². The molecule has 1 aromatic heterocycles. The lowest BCUT2D eigenvalue weighted by Crippen LogP contribution is -2.28. The standard InChI is InChI=1S/C14H12ClN3O2/c15-9-3-1-8(2-4-9)11-7-12(18-14(20)17-11)13(19)16-10-5-6-10/h1-4,7,10H,5-6H2,(H,16,19)(H,17,18,20). The Morgan fingerprint density at radius 3 is 2.65 bits per heavy atom. The summed E-state index contributed by atoms with van der Waals surface area (Å²) in [6, 6.07) is 8.74. The quantitative estimate of drug-likeness (QED) is 0.907. The zero-order chi connectivity index (χ0) is 14.1. The highest BCUT2D eigenvalue weighted by Crippen LogP contribution is 2.21. The van der Waals surface area contributed by atoms with E-state index < -0.39 is 5.69 Å². The van der Waals surface area contributed by atoms with E-state index in [1.54, 1.807) is 30.3 Å². The summed E-state index contributed by atoms with van der Waals surface area (Å²) >= 11 is 5.82. The average molecular weight is 290 g/mol. The first-order valence-corrected chi connectivity index (χ1v) is 6.68. The Bertz CT molecular complexity index is 705. The molecule has 5 nitrogen and oxygen atoms in total. The molecule has 2 N–H and O–H groups in total. The second kappa shape index (κ2) is 5.09. The van der Waals surface area contributed by atoms with Crippen LogP contribution in [0.1, 0.15) is 23.3 Å². The molecule has 0 aliphatic heterocycles. The number of H-pyrrole nitrogens is 1. The largest absolute Gasteiger partial charge is 0.348 e. The highest BCUT2D eigenvalue weighted by Gasteiger charge is 2.24. The van der Waals surface area contributed by atoms with Gasteiger partial charge in [-0.3, -0.25) is 4.79 Å². The van der Waals surface area contributed by atoms with Crippen LogP contribution in [0.3, 0.4) is 0 Å². The molecule has 1 aliphatic rings. The fourth-order valence-corrected chi connectivity index (χ4v) is 1.97. The van der Waals surface area contributed by atoms with Crippen molar-refractivity contribution >= 4 is 17.5 Å². The summed E-state index contributed by atoms with van der Waals surface area (Å²) in [4.78, 5) is 29.9. The van der Waals surface area contributed by atoms with Crippen molar-refractivity contribution in [3.8, 4) is 11.3 Å². The lowest BCUT2D eigenvalue weighted by atomic mass is 10.1. The Balaban J connectivity index is 1.95. The fraction of sp³-hybridized carbons (Fsp3) is 0.214. The van der Waals surface area contributed by atoms with E-state index in [4.69, 9.17) is 11.6 Å². The highest BCUT2D eigenvalue weighted by atomic mass is 35.5. The van der Waals surface area contributed by atoms with E-state index in [9.17, 15) is 9.59 Å². The first-order chi connectivity index (χ1) is 9.61. The number of aromatic amines is 1. The first kappa shape index (κ1) is 12.9. The number of rotatable bonds is 3. The van der Waals surface area contributed by atoms with Crippen LogP contribution in [0.5, 0.6) is 0 Å². The van der Waals surface area contributed by atoms with Crippen molar-refractivity contribution in [2.75, 3.05) is 0 Å². The number of carbonyl (C=O) groups is 1. The molecule has 0 bridgehead atoms. The molecule has 1 amide bonds. The number of carbonyl (C=O) groups excluding carboxylic acids is 1. The van der Waals surface area contributed by atoms with Gasteiger partial charge in [-0.05, 0) is 31.0 Å². The van der Waals surface area contributed by atoms with E-state index in [2.05, 4.69) is 15.3 Å². The Morgan fingerprint density at radius 1 is 1.30 bits per heavy atom. The van der Waals surface area contributed by atoms with Crippen molar-refractivity contribution < 1.29 is 4.79 Å². The van der Waals surface area contributed by atoms with E-state index in [0.717, 1.165) is 18.4 Å². The molecule has 0 spiro atoms. The van der Waals surface area contributed by atoms with E-state index in [0.29, 0.717) is 10.7 Å². The molecule has 3 rings (SSSR count). The molecule has 0 unspecified atom stereocenters. The van der Waals surface area contributed by atoms with E-state index in [-0.39, 0.29) is 17.6 Å². The van der Waals surface area contributed by atoms with Gasteiger partial charge in [-0.2, -0.15) is 4.98 Å². The Hall–Kier alpha value is -2.14. The number of nitrogens with one attached hydrogen (secondary N) is 2. The summed E-state index contributed by atoms with van der Waals surface area (Å²) < 4.78 is 0. The zero-order valence-electron chi connectivity index (χ0n) is 10.5. The molecule has 1 fully saturated rings. The summed E-state index contributed by atoms with van der Waals surface area (Å²) in [7, 11) is 0. The molecule has 2 aromatic rings. The monoisotopic (exact) mass is 289 g/mol. The predicted molar refractivity (Wildman–Crippen MR) is 75.8 cm³/mol. The number of hydrogen-bond donors (Lipinski definition) is 2. The maximum Gasteiger partial charge on any atom is 0.346 e. The van der Waals surface area contributed by atoms with E-state index in [1.165, 1.54) is 0 Å². The van der Waals surface area contributed by atoms with Gasteiger partial charge in [0, 0.05) is 16.6 Å². The SMILES string of the molecule is O=C(NC1CC1)c1cc(-c2ccc(Cl)cc2)nc(=O)[nH]1. The molecular weight excluding hydrogens is 278 g/mol. The normalized spacial score (nSPS) is 14.1. The molecular formula is C14H12ClN3O2. The van der Waals surface area contributed by atoms with E-state index >= 15 is 0 Å². The van der Waals surface area contributed by atoms with Gasteiger partial charge in [0.25, 0.3) is 5.91 Å². The van der Waals surface area contributed by atoms with Crippen LogP contribution < -0.4 is 11.0 Å². The van der Waals surface area contributed by atoms with Gasteiger partial charge in [0.05, 0.1) is 5.69 Å². The van der Waals surface area contributed by atoms with Gasteiger partial charge in [-0.15, -0.1) is 0 Å². The molecule has 102 valence electrons. The lowest BCUT2D eigenvalue weighted by molar-refractivity contribution is 0.0945. The number of halogens is 1. The van der Waals surface area contributed by atoms with Crippen LogP contribution in [-0.4, -0.2) is 21.9 Å². The van der Waals surface area contributed by atoms with Crippen molar-refractivity contribution in [1.82, 2.24) is 15.3 Å². The van der Waals surface area contributed by atoms with Crippen LogP contribution in [-0.2, 0) is 0 Å². The summed E-state index contributed by atoms with van der Waals surface area (Å²) in [6.07, 6.45) is 1.98. The topological polar surface area (TPSA) is 74.8 Å². The summed E-state index contributed by atoms with van der Waals surface area (Å²) in [5, 5.41) is 3.43. The number of hydrogen-bond acceptors (Lipinski definition) is 3. The number of aromatic nitrogens is 2. The van der Waals surface area contributed by atoms with Gasteiger partial charge < -0.3 is 10.3 Å². The average Bonchev–Trinajstić information content (AvgIpc) is 3.22. The maximum absolute atomic E-state index is 12.0. The van der Waals surface area contributed by atoms with Crippen molar-refractivity contribution in [1.29, 1.82) is 0 Å². The molecule has 1 aromatic carbocycles. The summed E-state index contributed by atoms with van der Waals surface area (Å²) in [6.45, 7) is 0. The van der Waals surface area contributed by atoms with Crippen LogP contribution in [0.25, 0.3) is 11.3 Å². The van der Waals surface area contributed by atoms with Crippen LogP contribution in [0.4, 0.5) is 0 Å². The predicted octanol–water partition coefficient (Wildman–Crippen LogP) is 1.98. The van der Waals surface area contributed by atoms with Crippen LogP contribution in [0.15, 0.2) is 35.1 Å². The van der Waals surface area contributed by atoms with Crippen LogP contribution >= 0.6 is 11.6 Å². The molecule has 20 heavy (non-hydrogen) atoms. The fourth-order valence-electron chi connectivity index (χ4n) is 1.84. The number of amides is 1. The summed E-state index contributed by atoms with van der Waals surface area (Å²) in [5.74, 6) is -0.276. The third-order valence-corrected chi connectivity index (χ3v) is 3.29. The molecule has 0 radical (unpaired) electrons. The van der Waals surface area contributed by atoms with E-state index in [1.807, 2.05) is 0 Å². The van der Waals surface area contributed by atoms with Gasteiger partial charge >= 0.3 is 5.69 Å². The molecule has 0 atom stereocenters. The highest BCUT2D eigenvalue weighted by molar-refractivity contribution is 6.30. The zero-order valence-corrected chi connectivity index (χ0v) is 11.3. The minimum Gasteiger partial charge on any atom is -0.348 e. The Labute approximate surface area is 120 Å². The van der Waals surface area contributed by atoms with Crippen molar-refractivity contribution in [2.45, 2.75) is 18.9 Å². The molecule has 1 saturated carbocycles.